The van der Waals surface area contributed by atoms with Gasteiger partial charge in [-0.25, -0.2) is 0 Å². The number of fused-ring (bicyclic) bond motifs is 4. The third-order valence-electron chi connectivity index (χ3n) is 8.16. The molecule has 0 bridgehead atoms. The number of rotatable bonds is 6. The van der Waals surface area contributed by atoms with Gasteiger partial charge < -0.3 is 24.3 Å². The first kappa shape index (κ1) is 23.6. The van der Waals surface area contributed by atoms with Crippen LogP contribution in [0, 0.1) is 0 Å². The minimum Gasteiger partial charge on any atom is -0.493 e. The second kappa shape index (κ2) is 9.61. The molecule has 0 saturated carbocycles. The van der Waals surface area contributed by atoms with Crippen LogP contribution in [0.2, 0.25) is 0 Å². The van der Waals surface area contributed by atoms with E-state index in [-0.39, 0.29) is 18.4 Å². The molecule has 1 aliphatic carbocycles. The lowest BCUT2D eigenvalue weighted by molar-refractivity contribution is -0.158. The van der Waals surface area contributed by atoms with Crippen LogP contribution in [0.1, 0.15) is 55.0 Å². The number of hydrogen-bond acceptors (Lipinski definition) is 4. The number of allylic oxidation sites excluding steroid dienone is 1. The van der Waals surface area contributed by atoms with Crippen LogP contribution in [0.25, 0.3) is 10.9 Å². The number of aromatic nitrogens is 1. The van der Waals surface area contributed by atoms with Crippen LogP contribution in [0.3, 0.4) is 0 Å². The number of para-hydroxylation sites is 2. The van der Waals surface area contributed by atoms with Gasteiger partial charge in [-0.2, -0.15) is 0 Å². The minimum atomic E-state index is -0.561. The van der Waals surface area contributed by atoms with E-state index >= 15 is 0 Å². The number of piperazine rings is 1. The number of nitrogens with zero attached hydrogens (tertiary/aromatic N) is 2. The van der Waals surface area contributed by atoms with E-state index in [1.54, 1.807) is 24.0 Å². The van der Waals surface area contributed by atoms with Gasteiger partial charge in [0.05, 0.1) is 20.8 Å². The van der Waals surface area contributed by atoms with Crippen LogP contribution >= 0.6 is 0 Å². The Balaban J connectivity index is 1.43. The van der Waals surface area contributed by atoms with Crippen LogP contribution in [-0.4, -0.2) is 59.9 Å². The van der Waals surface area contributed by atoms with Gasteiger partial charge in [0.2, 0.25) is 11.8 Å². The lowest BCUT2D eigenvalue weighted by Crippen LogP contribution is -2.63. The van der Waals surface area contributed by atoms with Gasteiger partial charge in [0, 0.05) is 35.1 Å². The zero-order chi connectivity index (χ0) is 25.5. The zero-order valence-electron chi connectivity index (χ0n) is 21.5. The van der Waals surface area contributed by atoms with E-state index in [0.717, 1.165) is 47.0 Å². The van der Waals surface area contributed by atoms with Crippen LogP contribution in [0.15, 0.2) is 54.1 Å². The monoisotopic (exact) mass is 499 g/mol. The summed E-state index contributed by atoms with van der Waals surface area (Å²) in [6.07, 6.45) is 8.32. The van der Waals surface area contributed by atoms with Crippen molar-refractivity contribution < 1.29 is 19.1 Å². The summed E-state index contributed by atoms with van der Waals surface area (Å²) in [6, 6.07) is 12.8. The van der Waals surface area contributed by atoms with Crippen molar-refractivity contribution in [1.82, 2.24) is 14.8 Å². The summed E-state index contributed by atoms with van der Waals surface area (Å²) < 4.78 is 11.4. The molecular weight excluding hydrogens is 466 g/mol. The first-order valence-corrected chi connectivity index (χ1v) is 13.2. The smallest absolute Gasteiger partial charge is 0.246 e. The van der Waals surface area contributed by atoms with Crippen LogP contribution in [-0.2, 0) is 16.0 Å². The standard InChI is InChI=1S/C30H33N3O4/c1-36-25-14-8-12-21(29(25)37-2)28-27-22(20-11-6-7-13-23(20)31-27)17-24-30(35)32(18-26(34)33(24)28)16-15-19-9-4-3-5-10-19/h6-9,11-14,24,28,31H,3-5,10,15-18H2,1-2H3/t24-,28-/m0/s1. The maximum absolute atomic E-state index is 13.9. The molecule has 0 radical (unpaired) electrons. The van der Waals surface area contributed by atoms with Crippen LogP contribution in [0.5, 0.6) is 11.5 Å². The van der Waals surface area contributed by atoms with E-state index < -0.39 is 12.1 Å². The lowest BCUT2D eigenvalue weighted by atomic mass is 9.85. The van der Waals surface area contributed by atoms with E-state index in [1.807, 2.05) is 36.4 Å². The second-order valence-electron chi connectivity index (χ2n) is 10.2. The molecule has 7 heteroatoms. The summed E-state index contributed by atoms with van der Waals surface area (Å²) in [6.45, 7) is 0.690. The Labute approximate surface area is 217 Å². The number of hydrogen-bond donors (Lipinski definition) is 1. The molecule has 7 nitrogen and oxygen atoms in total. The average molecular weight is 500 g/mol. The van der Waals surface area contributed by atoms with Gasteiger partial charge in [-0.1, -0.05) is 42.0 Å². The van der Waals surface area contributed by atoms with E-state index in [1.165, 1.54) is 18.4 Å². The highest BCUT2D eigenvalue weighted by atomic mass is 16.5. The van der Waals surface area contributed by atoms with Crippen LogP contribution < -0.4 is 9.47 Å². The number of methoxy groups -OCH3 is 2. The predicted molar refractivity (Wildman–Crippen MR) is 142 cm³/mol. The Morgan fingerprint density at radius 2 is 1.89 bits per heavy atom. The van der Waals surface area contributed by atoms with Crippen molar-refractivity contribution in [2.24, 2.45) is 0 Å². The number of carbonyl (C=O) groups is 2. The number of aromatic amines is 1. The lowest BCUT2D eigenvalue weighted by Gasteiger charge is -2.47. The molecule has 37 heavy (non-hydrogen) atoms. The highest BCUT2D eigenvalue weighted by molar-refractivity contribution is 5.97. The fourth-order valence-electron chi connectivity index (χ4n) is 6.37. The van der Waals surface area contributed by atoms with Gasteiger partial charge in [0.1, 0.15) is 12.1 Å². The SMILES string of the molecule is COc1cccc([C@H]2c3[nH]c4ccccc4c3C[C@H]3C(=O)N(CCC4=CCCCC4)CC(=O)N23)c1OC. The molecule has 0 unspecified atom stereocenters. The van der Waals surface area contributed by atoms with E-state index in [0.29, 0.717) is 24.5 Å². The Bertz CT molecular complexity index is 1390. The highest BCUT2D eigenvalue weighted by Crippen LogP contribution is 2.47. The highest BCUT2D eigenvalue weighted by Gasteiger charge is 2.49. The molecule has 2 aromatic carbocycles. The van der Waals surface area contributed by atoms with Gasteiger partial charge in [0.15, 0.2) is 11.5 Å². The van der Waals surface area contributed by atoms with E-state index in [2.05, 4.69) is 17.1 Å². The number of nitrogens with one attached hydrogen (secondary N) is 1. The summed E-state index contributed by atoms with van der Waals surface area (Å²) in [5.41, 5.74) is 5.24. The molecule has 1 N–H and O–H groups in total. The number of carbonyl (C=O) groups excluding carboxylic acids is 2. The number of benzene rings is 2. The van der Waals surface area contributed by atoms with Gasteiger partial charge >= 0.3 is 0 Å². The normalized spacial score (nSPS) is 21.5. The number of H-pyrrole nitrogens is 1. The molecule has 2 aliphatic heterocycles. The molecule has 1 saturated heterocycles. The Kier molecular flexibility index (Phi) is 6.14. The van der Waals surface area contributed by atoms with Crippen LogP contribution in [0.4, 0.5) is 0 Å². The van der Waals surface area contributed by atoms with Crippen molar-refractivity contribution in [3.05, 3.63) is 70.9 Å². The third kappa shape index (κ3) is 3.97. The molecule has 0 spiro atoms. The molecule has 3 aliphatic rings. The van der Waals surface area contributed by atoms with E-state index in [9.17, 15) is 9.59 Å². The minimum absolute atomic E-state index is 0.0267. The van der Waals surface area contributed by atoms with Crippen molar-refractivity contribution in [2.75, 3.05) is 27.3 Å². The van der Waals surface area contributed by atoms with Gasteiger partial charge in [-0.05, 0) is 49.8 Å². The molecule has 3 aromatic rings. The summed E-state index contributed by atoms with van der Waals surface area (Å²) in [7, 11) is 3.22. The maximum Gasteiger partial charge on any atom is 0.246 e. The molecule has 6 rings (SSSR count). The Hall–Kier alpha value is -3.74. The zero-order valence-corrected chi connectivity index (χ0v) is 21.5. The third-order valence-corrected chi connectivity index (χ3v) is 8.16. The summed E-state index contributed by atoms with van der Waals surface area (Å²) in [5, 5.41) is 1.09. The molecule has 1 fully saturated rings. The topological polar surface area (TPSA) is 74.9 Å². The molecular formula is C30H33N3O4. The first-order chi connectivity index (χ1) is 18.1. The molecule has 192 valence electrons. The summed E-state index contributed by atoms with van der Waals surface area (Å²) in [5.74, 6) is 1.16. The summed E-state index contributed by atoms with van der Waals surface area (Å²) in [4.78, 5) is 34.9. The first-order valence-electron chi connectivity index (χ1n) is 13.2. The van der Waals surface area contributed by atoms with Crippen molar-refractivity contribution >= 4 is 22.7 Å². The molecule has 2 amide bonds. The number of ether oxygens (including phenoxy) is 2. The van der Waals surface area contributed by atoms with Crippen molar-refractivity contribution in [3.8, 4) is 11.5 Å². The fraction of sp³-hybridized carbons (Fsp3) is 0.400. The fourth-order valence-corrected chi connectivity index (χ4v) is 6.37. The van der Waals surface area contributed by atoms with Gasteiger partial charge in [-0.15, -0.1) is 0 Å². The average Bonchev–Trinajstić information content (AvgIpc) is 3.31. The molecule has 1 aromatic heterocycles. The number of amides is 2. The quantitative estimate of drug-likeness (QED) is 0.496. The molecule has 3 heterocycles. The summed E-state index contributed by atoms with van der Waals surface area (Å²) >= 11 is 0. The largest absolute Gasteiger partial charge is 0.493 e. The van der Waals surface area contributed by atoms with Crippen molar-refractivity contribution in [1.29, 1.82) is 0 Å². The Morgan fingerprint density at radius 3 is 2.68 bits per heavy atom. The second-order valence-corrected chi connectivity index (χ2v) is 10.2. The molecule has 2 atom stereocenters. The predicted octanol–water partition coefficient (Wildman–Crippen LogP) is 4.76. The van der Waals surface area contributed by atoms with Crippen molar-refractivity contribution in [3.63, 3.8) is 0 Å². The van der Waals surface area contributed by atoms with Gasteiger partial charge in [-0.3, -0.25) is 9.59 Å². The Morgan fingerprint density at radius 1 is 1.03 bits per heavy atom. The maximum atomic E-state index is 13.9. The van der Waals surface area contributed by atoms with Gasteiger partial charge in [0.25, 0.3) is 0 Å². The van der Waals surface area contributed by atoms with Crippen molar-refractivity contribution in [2.45, 2.75) is 50.6 Å². The van der Waals surface area contributed by atoms with E-state index in [4.69, 9.17) is 9.47 Å².